The number of aryl methyl sites for hydroxylation is 1. The van der Waals surface area contributed by atoms with E-state index in [1.165, 1.54) is 6.07 Å². The molecular weight excluding hydrogens is 258 g/mol. The summed E-state index contributed by atoms with van der Waals surface area (Å²) in [5.74, 6) is 0. The Morgan fingerprint density at radius 1 is 1.16 bits per heavy atom. The minimum absolute atomic E-state index is 0.305. The predicted octanol–water partition coefficient (Wildman–Crippen LogP) is 3.95. The highest BCUT2D eigenvalue weighted by molar-refractivity contribution is 5.36. The first-order valence-electron chi connectivity index (χ1n) is 6.41. The topological polar surface area (TPSA) is 12.0 Å². The van der Waals surface area contributed by atoms with E-state index in [1.807, 2.05) is 0 Å². The van der Waals surface area contributed by atoms with Crippen molar-refractivity contribution in [2.75, 3.05) is 13.1 Å². The molecule has 19 heavy (non-hydrogen) atoms. The summed E-state index contributed by atoms with van der Waals surface area (Å²) in [6.45, 7) is 2.85. The fourth-order valence-electron chi connectivity index (χ4n) is 2.64. The van der Waals surface area contributed by atoms with Gasteiger partial charge in [-0.15, -0.1) is 0 Å². The maximum absolute atomic E-state index is 14.9. The molecule has 0 amide bonds. The maximum Gasteiger partial charge on any atom is 0.416 e. The van der Waals surface area contributed by atoms with E-state index in [0.717, 1.165) is 18.7 Å². The second-order valence-electron chi connectivity index (χ2n) is 5.10. The molecule has 1 unspecified atom stereocenters. The molecule has 1 nitrogen and oxygen atoms in total. The lowest BCUT2D eigenvalue weighted by Crippen LogP contribution is -2.23. The van der Waals surface area contributed by atoms with Gasteiger partial charge in [-0.1, -0.05) is 6.07 Å². The largest absolute Gasteiger partial charge is 0.416 e. The van der Waals surface area contributed by atoms with Gasteiger partial charge < -0.3 is 5.32 Å². The molecule has 1 N–H and O–H groups in total. The standard InChI is InChI=1S/C14H17F4N/c1-10-9-11(14(16,17)18)3-4-12(10)13(15)5-2-7-19-8-6-13/h3-4,9,19H,2,5-8H2,1H3. The van der Waals surface area contributed by atoms with Crippen molar-refractivity contribution in [1.82, 2.24) is 5.32 Å². The number of alkyl halides is 4. The zero-order valence-electron chi connectivity index (χ0n) is 10.8. The molecule has 0 radical (unpaired) electrons. The van der Waals surface area contributed by atoms with Crippen molar-refractivity contribution in [3.05, 3.63) is 34.9 Å². The van der Waals surface area contributed by atoms with Crippen molar-refractivity contribution >= 4 is 0 Å². The third kappa shape index (κ3) is 3.08. The molecule has 1 atom stereocenters. The monoisotopic (exact) mass is 275 g/mol. The summed E-state index contributed by atoms with van der Waals surface area (Å²) in [7, 11) is 0. The first-order valence-corrected chi connectivity index (χ1v) is 6.41. The molecule has 0 saturated carbocycles. The Balaban J connectivity index is 2.34. The number of hydrogen-bond donors (Lipinski definition) is 1. The van der Waals surface area contributed by atoms with Crippen molar-refractivity contribution in [2.45, 2.75) is 38.0 Å². The van der Waals surface area contributed by atoms with Gasteiger partial charge in [-0.25, -0.2) is 4.39 Å². The molecular formula is C14H17F4N. The molecule has 0 bridgehead atoms. The molecule has 0 aromatic heterocycles. The van der Waals surface area contributed by atoms with Gasteiger partial charge in [-0.05, 0) is 62.5 Å². The van der Waals surface area contributed by atoms with Crippen LogP contribution in [0.15, 0.2) is 18.2 Å². The number of hydrogen-bond acceptors (Lipinski definition) is 1. The van der Waals surface area contributed by atoms with Crippen LogP contribution >= 0.6 is 0 Å². The Hall–Kier alpha value is -1.10. The van der Waals surface area contributed by atoms with Crippen LogP contribution in [0.1, 0.15) is 36.0 Å². The van der Waals surface area contributed by atoms with Crippen LogP contribution in [-0.2, 0) is 11.8 Å². The lowest BCUT2D eigenvalue weighted by Gasteiger charge is -2.26. The van der Waals surface area contributed by atoms with Crippen LogP contribution in [0.5, 0.6) is 0 Å². The van der Waals surface area contributed by atoms with Crippen LogP contribution in [0.2, 0.25) is 0 Å². The molecule has 5 heteroatoms. The number of nitrogens with one attached hydrogen (secondary N) is 1. The molecule has 0 spiro atoms. The second kappa shape index (κ2) is 5.12. The van der Waals surface area contributed by atoms with Crippen LogP contribution in [0.4, 0.5) is 17.6 Å². The van der Waals surface area contributed by atoms with E-state index in [4.69, 9.17) is 0 Å². The van der Waals surface area contributed by atoms with Gasteiger partial charge in [0, 0.05) is 0 Å². The van der Waals surface area contributed by atoms with E-state index in [9.17, 15) is 17.6 Å². The summed E-state index contributed by atoms with van der Waals surface area (Å²) in [6.07, 6.45) is -3.03. The van der Waals surface area contributed by atoms with Gasteiger partial charge in [0.2, 0.25) is 0 Å². The Morgan fingerprint density at radius 3 is 2.53 bits per heavy atom. The Bertz CT molecular complexity index is 445. The highest BCUT2D eigenvalue weighted by atomic mass is 19.4. The molecule has 1 fully saturated rings. The van der Waals surface area contributed by atoms with E-state index in [1.54, 1.807) is 6.92 Å². The van der Waals surface area contributed by atoms with Crippen LogP contribution in [-0.4, -0.2) is 13.1 Å². The van der Waals surface area contributed by atoms with Crippen molar-refractivity contribution in [2.24, 2.45) is 0 Å². The van der Waals surface area contributed by atoms with E-state index < -0.39 is 17.4 Å². The molecule has 106 valence electrons. The van der Waals surface area contributed by atoms with E-state index in [0.29, 0.717) is 36.9 Å². The average molecular weight is 275 g/mol. The molecule has 1 saturated heterocycles. The summed E-state index contributed by atoms with van der Waals surface area (Å²) in [4.78, 5) is 0. The van der Waals surface area contributed by atoms with Crippen LogP contribution < -0.4 is 5.32 Å². The van der Waals surface area contributed by atoms with Gasteiger partial charge in [0.05, 0.1) is 5.56 Å². The van der Waals surface area contributed by atoms with Gasteiger partial charge in [-0.2, -0.15) is 13.2 Å². The van der Waals surface area contributed by atoms with E-state index in [2.05, 4.69) is 5.32 Å². The van der Waals surface area contributed by atoms with Gasteiger partial charge in [0.15, 0.2) is 0 Å². The first-order chi connectivity index (χ1) is 8.83. The van der Waals surface area contributed by atoms with Crippen molar-refractivity contribution in [3.63, 3.8) is 0 Å². The summed E-state index contributed by atoms with van der Waals surface area (Å²) >= 11 is 0. The smallest absolute Gasteiger partial charge is 0.317 e. The maximum atomic E-state index is 14.9. The third-order valence-electron chi connectivity index (χ3n) is 3.66. The highest BCUT2D eigenvalue weighted by Gasteiger charge is 2.36. The second-order valence-corrected chi connectivity index (χ2v) is 5.10. The molecule has 1 aromatic rings. The van der Waals surface area contributed by atoms with Crippen molar-refractivity contribution in [1.29, 1.82) is 0 Å². The number of rotatable bonds is 1. The zero-order valence-corrected chi connectivity index (χ0v) is 10.8. The Labute approximate surface area is 110 Å². The SMILES string of the molecule is Cc1cc(C(F)(F)F)ccc1C1(F)CCCNCC1. The Kier molecular flexibility index (Phi) is 3.85. The minimum Gasteiger partial charge on any atom is -0.317 e. The third-order valence-corrected chi connectivity index (χ3v) is 3.66. The number of benzene rings is 1. The summed E-state index contributed by atoms with van der Waals surface area (Å²) in [5.41, 5.74) is -1.47. The molecule has 2 rings (SSSR count). The van der Waals surface area contributed by atoms with Gasteiger partial charge in [0.1, 0.15) is 5.67 Å². The lowest BCUT2D eigenvalue weighted by molar-refractivity contribution is -0.137. The predicted molar refractivity (Wildman–Crippen MR) is 65.7 cm³/mol. The minimum atomic E-state index is -4.38. The summed E-state index contributed by atoms with van der Waals surface area (Å²) in [5, 5.41) is 3.11. The number of halogens is 4. The quantitative estimate of drug-likeness (QED) is 0.765. The summed E-state index contributed by atoms with van der Waals surface area (Å²) in [6, 6.07) is 3.31. The summed E-state index contributed by atoms with van der Waals surface area (Å²) < 4.78 is 52.7. The van der Waals surface area contributed by atoms with Crippen LogP contribution in [0.3, 0.4) is 0 Å². The first kappa shape index (κ1) is 14.3. The normalized spacial score (nSPS) is 25.1. The van der Waals surface area contributed by atoms with E-state index in [-0.39, 0.29) is 0 Å². The fraction of sp³-hybridized carbons (Fsp3) is 0.571. The molecule has 1 heterocycles. The van der Waals surface area contributed by atoms with Gasteiger partial charge in [0.25, 0.3) is 0 Å². The molecule has 1 aliphatic heterocycles. The lowest BCUT2D eigenvalue weighted by atomic mass is 9.85. The fourth-order valence-corrected chi connectivity index (χ4v) is 2.64. The van der Waals surface area contributed by atoms with E-state index >= 15 is 0 Å². The average Bonchev–Trinajstić information content (AvgIpc) is 2.53. The molecule has 1 aromatic carbocycles. The highest BCUT2D eigenvalue weighted by Crippen LogP contribution is 2.39. The van der Waals surface area contributed by atoms with Crippen molar-refractivity contribution in [3.8, 4) is 0 Å². The zero-order chi connectivity index (χ0) is 14.1. The Morgan fingerprint density at radius 2 is 1.89 bits per heavy atom. The molecule has 0 aliphatic carbocycles. The van der Waals surface area contributed by atoms with Crippen LogP contribution in [0.25, 0.3) is 0 Å². The van der Waals surface area contributed by atoms with Crippen molar-refractivity contribution < 1.29 is 17.6 Å². The molecule has 1 aliphatic rings. The van der Waals surface area contributed by atoms with Crippen LogP contribution in [0, 0.1) is 6.92 Å². The van der Waals surface area contributed by atoms with Gasteiger partial charge >= 0.3 is 6.18 Å². The van der Waals surface area contributed by atoms with Gasteiger partial charge in [-0.3, -0.25) is 0 Å².